The van der Waals surface area contributed by atoms with Gasteiger partial charge in [-0.25, -0.2) is 0 Å². The smallest absolute Gasteiger partial charge is 0.251 e. The summed E-state index contributed by atoms with van der Waals surface area (Å²) >= 11 is 0. The lowest BCUT2D eigenvalue weighted by molar-refractivity contribution is -0.124. The molecule has 0 aliphatic rings. The van der Waals surface area contributed by atoms with Crippen LogP contribution in [-0.2, 0) is 11.2 Å². The largest absolute Gasteiger partial charge is 0.354 e. The predicted octanol–water partition coefficient (Wildman–Crippen LogP) is 4.34. The van der Waals surface area contributed by atoms with Gasteiger partial charge >= 0.3 is 0 Å². The van der Waals surface area contributed by atoms with E-state index >= 15 is 0 Å². The second-order valence-corrected chi connectivity index (χ2v) is 7.43. The molecule has 3 aromatic carbocycles. The van der Waals surface area contributed by atoms with Crippen LogP contribution in [0.4, 0.5) is 0 Å². The number of fused-ring (bicyclic) bond motifs is 1. The van der Waals surface area contributed by atoms with Crippen LogP contribution in [0.25, 0.3) is 10.8 Å². The van der Waals surface area contributed by atoms with Crippen LogP contribution in [0.1, 0.15) is 36.2 Å². The fourth-order valence-electron chi connectivity index (χ4n) is 3.34. The average molecular weight is 389 g/mol. The monoisotopic (exact) mass is 388 g/mol. The van der Waals surface area contributed by atoms with Gasteiger partial charge in [0.1, 0.15) is 6.04 Å². The Hall–Kier alpha value is -3.14. The van der Waals surface area contributed by atoms with Gasteiger partial charge in [-0.15, -0.1) is 0 Å². The summed E-state index contributed by atoms with van der Waals surface area (Å²) in [6, 6.07) is 23.0. The third-order valence-corrected chi connectivity index (χ3v) is 5.35. The van der Waals surface area contributed by atoms with E-state index in [0.29, 0.717) is 12.1 Å². The number of rotatable bonds is 8. The maximum absolute atomic E-state index is 12.8. The summed E-state index contributed by atoms with van der Waals surface area (Å²) in [6.07, 6.45) is 1.56. The van der Waals surface area contributed by atoms with Gasteiger partial charge in [-0.05, 0) is 40.8 Å². The molecule has 0 radical (unpaired) electrons. The quantitative estimate of drug-likeness (QED) is 0.603. The van der Waals surface area contributed by atoms with E-state index in [1.807, 2.05) is 80.6 Å². The zero-order chi connectivity index (χ0) is 20.6. The van der Waals surface area contributed by atoms with E-state index in [1.54, 1.807) is 6.07 Å². The molecule has 2 atom stereocenters. The van der Waals surface area contributed by atoms with Crippen molar-refractivity contribution < 1.29 is 9.59 Å². The minimum atomic E-state index is -0.560. The molecule has 0 heterocycles. The van der Waals surface area contributed by atoms with E-state index in [0.717, 1.165) is 23.6 Å². The van der Waals surface area contributed by atoms with Gasteiger partial charge in [-0.3, -0.25) is 9.59 Å². The van der Waals surface area contributed by atoms with E-state index < -0.39 is 6.04 Å². The van der Waals surface area contributed by atoms with Crippen LogP contribution in [0.5, 0.6) is 0 Å². The molecule has 2 unspecified atom stereocenters. The first-order valence-electron chi connectivity index (χ1n) is 10.2. The van der Waals surface area contributed by atoms with Crippen LogP contribution < -0.4 is 10.6 Å². The molecule has 0 bridgehead atoms. The van der Waals surface area contributed by atoms with E-state index in [9.17, 15) is 9.59 Å². The van der Waals surface area contributed by atoms with E-state index in [4.69, 9.17) is 0 Å². The fourth-order valence-corrected chi connectivity index (χ4v) is 3.34. The summed E-state index contributed by atoms with van der Waals surface area (Å²) in [6.45, 7) is 4.56. The normalized spacial score (nSPS) is 12.9. The van der Waals surface area contributed by atoms with Gasteiger partial charge in [0.05, 0.1) is 0 Å². The number of carbonyl (C=O) groups excluding carboxylic acids is 2. The van der Waals surface area contributed by atoms with Crippen LogP contribution in [-0.4, -0.2) is 24.4 Å². The minimum absolute atomic E-state index is 0.0381. The number of hydrogen-bond acceptors (Lipinski definition) is 2. The molecule has 0 saturated carbocycles. The van der Waals surface area contributed by atoms with Gasteiger partial charge in [0, 0.05) is 12.1 Å². The van der Waals surface area contributed by atoms with Gasteiger partial charge in [-0.1, -0.05) is 80.9 Å². The van der Waals surface area contributed by atoms with Crippen molar-refractivity contribution in [1.29, 1.82) is 0 Å². The average Bonchev–Trinajstić information content (AvgIpc) is 2.77. The summed E-state index contributed by atoms with van der Waals surface area (Å²) in [5, 5.41) is 8.02. The van der Waals surface area contributed by atoms with Crippen LogP contribution >= 0.6 is 0 Å². The highest BCUT2D eigenvalue weighted by Gasteiger charge is 2.26. The first kappa shape index (κ1) is 20.6. The van der Waals surface area contributed by atoms with Crippen molar-refractivity contribution in [3.05, 3.63) is 83.9 Å². The lowest BCUT2D eigenvalue weighted by Gasteiger charge is -2.23. The van der Waals surface area contributed by atoms with Crippen molar-refractivity contribution in [2.24, 2.45) is 5.92 Å². The van der Waals surface area contributed by atoms with Crippen molar-refractivity contribution in [3.8, 4) is 0 Å². The fraction of sp³-hybridized carbons (Fsp3) is 0.280. The first-order chi connectivity index (χ1) is 14.1. The second kappa shape index (κ2) is 9.87. The second-order valence-electron chi connectivity index (χ2n) is 7.43. The number of carbonyl (C=O) groups is 2. The highest BCUT2D eigenvalue weighted by atomic mass is 16.2. The molecule has 3 rings (SSSR count). The maximum Gasteiger partial charge on any atom is 0.251 e. The van der Waals surface area contributed by atoms with Crippen LogP contribution in [0, 0.1) is 5.92 Å². The molecular formula is C25H28N2O2. The molecule has 2 amide bonds. The van der Waals surface area contributed by atoms with Gasteiger partial charge in [0.2, 0.25) is 5.91 Å². The Kier molecular flexibility index (Phi) is 7.01. The highest BCUT2D eigenvalue weighted by Crippen LogP contribution is 2.16. The van der Waals surface area contributed by atoms with Crippen molar-refractivity contribution in [2.45, 2.75) is 32.7 Å². The van der Waals surface area contributed by atoms with Crippen LogP contribution in [0.3, 0.4) is 0 Å². The molecule has 0 saturated heterocycles. The summed E-state index contributed by atoms with van der Waals surface area (Å²) < 4.78 is 0. The molecule has 4 nitrogen and oxygen atoms in total. The molecular weight excluding hydrogens is 360 g/mol. The molecule has 0 fully saturated rings. The maximum atomic E-state index is 12.8. The molecule has 4 heteroatoms. The Labute approximate surface area is 172 Å². The Bertz CT molecular complexity index is 969. The molecule has 0 aromatic heterocycles. The van der Waals surface area contributed by atoms with E-state index in [1.165, 1.54) is 5.56 Å². The van der Waals surface area contributed by atoms with Crippen molar-refractivity contribution in [3.63, 3.8) is 0 Å². The van der Waals surface area contributed by atoms with Gasteiger partial charge in [0.15, 0.2) is 0 Å². The van der Waals surface area contributed by atoms with Crippen LogP contribution in [0.2, 0.25) is 0 Å². The Balaban J connectivity index is 1.65. The number of benzene rings is 3. The Morgan fingerprint density at radius 3 is 2.31 bits per heavy atom. The SMILES string of the molecule is CCC(C)C(NC(=O)c1ccc2ccccc2c1)C(=O)NCCc1ccccc1. The third-order valence-electron chi connectivity index (χ3n) is 5.35. The molecule has 29 heavy (non-hydrogen) atoms. The summed E-state index contributed by atoms with van der Waals surface area (Å²) in [4.78, 5) is 25.6. The standard InChI is InChI=1S/C25H28N2O2/c1-3-18(2)23(25(29)26-16-15-19-9-5-4-6-10-19)27-24(28)22-14-13-20-11-7-8-12-21(20)17-22/h4-14,17-18,23H,3,15-16H2,1-2H3,(H,26,29)(H,27,28). The molecule has 2 N–H and O–H groups in total. The van der Waals surface area contributed by atoms with Crippen LogP contribution in [0.15, 0.2) is 72.8 Å². The number of nitrogens with one attached hydrogen (secondary N) is 2. The third kappa shape index (κ3) is 5.44. The Morgan fingerprint density at radius 1 is 0.897 bits per heavy atom. The van der Waals surface area contributed by atoms with Crippen molar-refractivity contribution >= 4 is 22.6 Å². The van der Waals surface area contributed by atoms with E-state index in [-0.39, 0.29) is 17.7 Å². The first-order valence-corrected chi connectivity index (χ1v) is 10.2. The molecule has 0 spiro atoms. The summed E-state index contributed by atoms with van der Waals surface area (Å²) in [5.74, 6) is -0.320. The van der Waals surface area contributed by atoms with Gasteiger partial charge < -0.3 is 10.6 Å². The molecule has 0 aliphatic carbocycles. The molecule has 3 aromatic rings. The molecule has 150 valence electrons. The van der Waals surface area contributed by atoms with Gasteiger partial charge in [-0.2, -0.15) is 0 Å². The van der Waals surface area contributed by atoms with Crippen molar-refractivity contribution in [2.75, 3.05) is 6.54 Å². The topological polar surface area (TPSA) is 58.2 Å². The lowest BCUT2D eigenvalue weighted by atomic mass is 9.97. The number of hydrogen-bond donors (Lipinski definition) is 2. The predicted molar refractivity (Wildman–Crippen MR) is 118 cm³/mol. The number of amides is 2. The zero-order valence-electron chi connectivity index (χ0n) is 17.0. The highest BCUT2D eigenvalue weighted by molar-refractivity contribution is 6.00. The Morgan fingerprint density at radius 2 is 1.59 bits per heavy atom. The lowest BCUT2D eigenvalue weighted by Crippen LogP contribution is -2.50. The van der Waals surface area contributed by atoms with Crippen molar-refractivity contribution in [1.82, 2.24) is 10.6 Å². The van der Waals surface area contributed by atoms with Gasteiger partial charge in [0.25, 0.3) is 5.91 Å². The summed E-state index contributed by atoms with van der Waals surface area (Å²) in [7, 11) is 0. The zero-order valence-corrected chi connectivity index (χ0v) is 17.0. The van der Waals surface area contributed by atoms with E-state index in [2.05, 4.69) is 10.6 Å². The summed E-state index contributed by atoms with van der Waals surface area (Å²) in [5.41, 5.74) is 1.74. The molecule has 0 aliphatic heterocycles. The minimum Gasteiger partial charge on any atom is -0.354 e.